The topological polar surface area (TPSA) is 77.8 Å². The van der Waals surface area contributed by atoms with Gasteiger partial charge in [-0.05, 0) is 39.7 Å². The van der Waals surface area contributed by atoms with Crippen LogP contribution in [-0.2, 0) is 4.79 Å². The van der Waals surface area contributed by atoms with Crippen LogP contribution in [0.2, 0.25) is 0 Å². The molecule has 0 amide bonds. The fourth-order valence-corrected chi connectivity index (χ4v) is 5.34. The standard InChI is InChI=1S/C15H22O4/c1-8-7-10(16)15(19)13(4)6-5-9(12(2,3)17)14(15,18)11(8)13/h7,9,11,17-19H,5-6H2,1-4H3/t9-,11+,13-,14+,15-/m0/s1. The first kappa shape index (κ1) is 13.3. The van der Waals surface area contributed by atoms with Crippen molar-refractivity contribution in [3.8, 4) is 0 Å². The normalized spacial score (nSPS) is 52.6. The van der Waals surface area contributed by atoms with E-state index in [1.54, 1.807) is 13.8 Å². The van der Waals surface area contributed by atoms with E-state index < -0.39 is 33.9 Å². The van der Waals surface area contributed by atoms with E-state index in [4.69, 9.17) is 0 Å². The minimum Gasteiger partial charge on any atom is -0.390 e. The number of aliphatic hydroxyl groups is 3. The third kappa shape index (κ3) is 1.08. The van der Waals surface area contributed by atoms with Gasteiger partial charge in [0.2, 0.25) is 0 Å². The molecule has 0 aromatic rings. The van der Waals surface area contributed by atoms with Gasteiger partial charge in [-0.1, -0.05) is 12.5 Å². The van der Waals surface area contributed by atoms with E-state index in [0.29, 0.717) is 12.8 Å². The summed E-state index contributed by atoms with van der Waals surface area (Å²) in [6, 6.07) is 0. The summed E-state index contributed by atoms with van der Waals surface area (Å²) in [5.41, 5.74) is -4.18. The lowest BCUT2D eigenvalue weighted by molar-refractivity contribution is -0.377. The molecule has 0 unspecified atom stereocenters. The second-order valence-electron chi connectivity index (χ2n) is 7.38. The fraction of sp³-hybridized carbons (Fsp3) is 0.800. The molecule has 4 aliphatic carbocycles. The van der Waals surface area contributed by atoms with Crippen molar-refractivity contribution in [2.75, 3.05) is 0 Å². The predicted molar refractivity (Wildman–Crippen MR) is 69.3 cm³/mol. The van der Waals surface area contributed by atoms with Crippen molar-refractivity contribution in [3.63, 3.8) is 0 Å². The van der Waals surface area contributed by atoms with Crippen LogP contribution in [0.3, 0.4) is 0 Å². The smallest absolute Gasteiger partial charge is 0.190 e. The van der Waals surface area contributed by atoms with E-state index in [1.165, 1.54) is 6.08 Å². The second kappa shape index (κ2) is 3.13. The lowest BCUT2D eigenvalue weighted by atomic mass is 9.29. The Morgan fingerprint density at radius 3 is 2.47 bits per heavy atom. The van der Waals surface area contributed by atoms with E-state index in [0.717, 1.165) is 5.57 Å². The van der Waals surface area contributed by atoms with Gasteiger partial charge >= 0.3 is 0 Å². The van der Waals surface area contributed by atoms with Gasteiger partial charge in [-0.2, -0.15) is 0 Å². The van der Waals surface area contributed by atoms with Crippen molar-refractivity contribution in [1.82, 2.24) is 0 Å². The number of carbonyl (C=O) groups is 1. The molecule has 4 rings (SSSR count). The first-order valence-electron chi connectivity index (χ1n) is 6.91. The van der Waals surface area contributed by atoms with E-state index in [-0.39, 0.29) is 5.92 Å². The zero-order chi connectivity index (χ0) is 14.4. The highest BCUT2D eigenvalue weighted by Crippen LogP contribution is 2.75. The first-order valence-corrected chi connectivity index (χ1v) is 6.91. The van der Waals surface area contributed by atoms with Crippen LogP contribution >= 0.6 is 0 Å². The van der Waals surface area contributed by atoms with Crippen LogP contribution < -0.4 is 0 Å². The Labute approximate surface area is 113 Å². The summed E-state index contributed by atoms with van der Waals surface area (Å²) in [7, 11) is 0. The lowest BCUT2D eigenvalue weighted by Crippen LogP contribution is -2.90. The number of hydrogen-bond acceptors (Lipinski definition) is 4. The van der Waals surface area contributed by atoms with Crippen molar-refractivity contribution in [2.45, 2.75) is 57.3 Å². The minimum atomic E-state index is -1.74. The van der Waals surface area contributed by atoms with Crippen molar-refractivity contribution in [2.24, 2.45) is 17.3 Å². The summed E-state index contributed by atoms with van der Waals surface area (Å²) in [4.78, 5) is 12.3. The molecular formula is C15H22O4. The predicted octanol–water partition coefficient (Wildman–Crippen LogP) is 0.795. The molecule has 5 atom stereocenters. The number of hydrogen-bond donors (Lipinski definition) is 3. The SMILES string of the molecule is CC1=CC(=O)[C@@]2(O)[C@@]3(O)[C@H](C(C)(C)O)CC[C@@]2(C)[C@@H]13. The van der Waals surface area contributed by atoms with Gasteiger partial charge in [0.05, 0.1) is 5.60 Å². The van der Waals surface area contributed by atoms with Gasteiger partial charge in [0.25, 0.3) is 0 Å². The molecule has 4 nitrogen and oxygen atoms in total. The number of carbonyl (C=O) groups excluding carboxylic acids is 1. The van der Waals surface area contributed by atoms with E-state index >= 15 is 0 Å². The first-order chi connectivity index (χ1) is 8.51. The summed E-state index contributed by atoms with van der Waals surface area (Å²) in [6.07, 6.45) is 2.71. The molecule has 0 radical (unpaired) electrons. The number of fused-ring (bicyclic) bond motifs is 1. The molecule has 0 aliphatic heterocycles. The Hall–Kier alpha value is -0.710. The zero-order valence-corrected chi connectivity index (χ0v) is 11.9. The van der Waals surface area contributed by atoms with Gasteiger partial charge in [-0.15, -0.1) is 0 Å². The van der Waals surface area contributed by atoms with Gasteiger partial charge < -0.3 is 15.3 Å². The molecule has 0 aromatic carbocycles. The van der Waals surface area contributed by atoms with E-state index in [2.05, 4.69) is 0 Å². The molecule has 3 N–H and O–H groups in total. The largest absolute Gasteiger partial charge is 0.390 e. The number of ketones is 1. The van der Waals surface area contributed by atoms with Crippen LogP contribution in [0, 0.1) is 17.3 Å². The molecule has 4 bridgehead atoms. The van der Waals surface area contributed by atoms with Crippen LogP contribution in [0.15, 0.2) is 11.6 Å². The van der Waals surface area contributed by atoms with Gasteiger partial charge in [-0.3, -0.25) is 4.79 Å². The average Bonchev–Trinajstić information content (AvgIpc) is 2.22. The molecule has 106 valence electrons. The Balaban J connectivity index is 2.22. The molecule has 4 aliphatic rings. The van der Waals surface area contributed by atoms with Crippen LogP contribution in [-0.4, -0.2) is 37.9 Å². The zero-order valence-electron chi connectivity index (χ0n) is 11.9. The van der Waals surface area contributed by atoms with Crippen LogP contribution in [0.1, 0.15) is 40.5 Å². The van der Waals surface area contributed by atoms with Crippen molar-refractivity contribution in [1.29, 1.82) is 0 Å². The third-order valence-corrected chi connectivity index (χ3v) is 5.99. The molecule has 2 fully saturated rings. The molecule has 0 saturated heterocycles. The van der Waals surface area contributed by atoms with Crippen LogP contribution in [0.4, 0.5) is 0 Å². The summed E-state index contributed by atoms with van der Waals surface area (Å²) >= 11 is 0. The highest BCUT2D eigenvalue weighted by molar-refractivity contribution is 6.03. The lowest BCUT2D eigenvalue weighted by Gasteiger charge is -2.77. The van der Waals surface area contributed by atoms with Crippen molar-refractivity contribution >= 4 is 5.78 Å². The Morgan fingerprint density at radius 2 is 1.95 bits per heavy atom. The van der Waals surface area contributed by atoms with Crippen molar-refractivity contribution < 1.29 is 20.1 Å². The maximum absolute atomic E-state index is 12.3. The molecule has 4 heteroatoms. The maximum Gasteiger partial charge on any atom is 0.190 e. The van der Waals surface area contributed by atoms with Crippen LogP contribution in [0.25, 0.3) is 0 Å². The Bertz CT molecular complexity index is 503. The van der Waals surface area contributed by atoms with Gasteiger partial charge in [0.15, 0.2) is 11.4 Å². The fourth-order valence-electron chi connectivity index (χ4n) is 5.34. The monoisotopic (exact) mass is 266 g/mol. The summed E-state index contributed by atoms with van der Waals surface area (Å²) in [6.45, 7) is 6.98. The number of rotatable bonds is 1. The Morgan fingerprint density at radius 1 is 1.37 bits per heavy atom. The summed E-state index contributed by atoms with van der Waals surface area (Å²) < 4.78 is 0. The highest BCUT2D eigenvalue weighted by atomic mass is 16.4. The van der Waals surface area contributed by atoms with Crippen LogP contribution in [0.5, 0.6) is 0 Å². The summed E-state index contributed by atoms with van der Waals surface area (Å²) in [5, 5.41) is 32.3. The summed E-state index contributed by atoms with van der Waals surface area (Å²) in [5.74, 6) is -1.15. The molecule has 0 heterocycles. The maximum atomic E-state index is 12.3. The van der Waals surface area contributed by atoms with Crippen molar-refractivity contribution in [3.05, 3.63) is 11.6 Å². The molecule has 0 spiro atoms. The molecule has 0 aromatic heterocycles. The van der Waals surface area contributed by atoms with Gasteiger partial charge in [0, 0.05) is 17.3 Å². The highest BCUT2D eigenvalue weighted by Gasteiger charge is 2.86. The molecule has 2 saturated carbocycles. The van der Waals surface area contributed by atoms with Gasteiger partial charge in [-0.25, -0.2) is 0 Å². The second-order valence-corrected chi connectivity index (χ2v) is 7.38. The quantitative estimate of drug-likeness (QED) is 0.656. The Kier molecular flexibility index (Phi) is 2.19. The van der Waals surface area contributed by atoms with Gasteiger partial charge in [0.1, 0.15) is 5.60 Å². The minimum absolute atomic E-state index is 0.243. The van der Waals surface area contributed by atoms with E-state index in [9.17, 15) is 20.1 Å². The molecule has 19 heavy (non-hydrogen) atoms. The average molecular weight is 266 g/mol. The molecular weight excluding hydrogens is 244 g/mol. The third-order valence-electron chi connectivity index (χ3n) is 5.99. The van der Waals surface area contributed by atoms with E-state index in [1.807, 2.05) is 13.8 Å².